The van der Waals surface area contributed by atoms with Gasteiger partial charge in [0.05, 0.1) is 5.41 Å². The highest BCUT2D eigenvalue weighted by atomic mass is 16.6. The number of allylic oxidation sites excluding steroid dienone is 2. The molecular weight excluding hydrogens is 456 g/mol. The van der Waals surface area contributed by atoms with Gasteiger partial charge in [-0.3, -0.25) is 9.59 Å². The Labute approximate surface area is 210 Å². The van der Waals surface area contributed by atoms with Crippen molar-refractivity contribution in [2.45, 2.75) is 57.2 Å². The first-order valence-electron chi connectivity index (χ1n) is 13.1. The lowest BCUT2D eigenvalue weighted by Gasteiger charge is -2.44. The van der Waals surface area contributed by atoms with E-state index in [1.807, 2.05) is 0 Å². The maximum Gasteiger partial charge on any atom is 0.334 e. The van der Waals surface area contributed by atoms with E-state index in [1.54, 1.807) is 0 Å². The van der Waals surface area contributed by atoms with Crippen LogP contribution in [0.5, 0.6) is 0 Å². The summed E-state index contributed by atoms with van der Waals surface area (Å²) in [6.07, 6.45) is 3.64. The van der Waals surface area contributed by atoms with Crippen LogP contribution in [0.3, 0.4) is 0 Å². The molecular formula is C30H30O6. The third-order valence-electron chi connectivity index (χ3n) is 10.7. The van der Waals surface area contributed by atoms with Crippen LogP contribution in [0.25, 0.3) is 0 Å². The van der Waals surface area contributed by atoms with Crippen LogP contribution in [-0.2, 0) is 28.7 Å². The van der Waals surface area contributed by atoms with Crippen molar-refractivity contribution in [3.8, 4) is 0 Å². The van der Waals surface area contributed by atoms with Gasteiger partial charge in [0.2, 0.25) is 0 Å². The van der Waals surface area contributed by atoms with Crippen LogP contribution in [0, 0.1) is 40.9 Å². The van der Waals surface area contributed by atoms with Gasteiger partial charge in [0, 0.05) is 52.4 Å². The van der Waals surface area contributed by atoms with E-state index in [9.17, 15) is 19.2 Å². The normalized spacial score (nSPS) is 45.3. The molecule has 7 rings (SSSR count). The van der Waals surface area contributed by atoms with Crippen molar-refractivity contribution in [2.24, 2.45) is 40.9 Å². The predicted octanol–water partition coefficient (Wildman–Crippen LogP) is 3.98. The average Bonchev–Trinajstić information content (AvgIpc) is 3.41. The Bertz CT molecular complexity index is 1280. The number of ether oxygens (including phenoxy) is 2. The van der Waals surface area contributed by atoms with E-state index < -0.39 is 35.5 Å². The lowest BCUT2D eigenvalue weighted by atomic mass is 9.57. The van der Waals surface area contributed by atoms with Crippen molar-refractivity contribution in [1.82, 2.24) is 0 Å². The first-order chi connectivity index (χ1) is 17.2. The second-order valence-electron chi connectivity index (χ2n) is 11.9. The second kappa shape index (κ2) is 7.05. The van der Waals surface area contributed by atoms with Gasteiger partial charge in [-0.05, 0) is 55.9 Å². The number of fused-ring (bicyclic) bond motifs is 7. The molecule has 1 spiro atoms. The summed E-state index contributed by atoms with van der Waals surface area (Å²) in [5, 5.41) is 0. The van der Waals surface area contributed by atoms with Crippen molar-refractivity contribution in [1.29, 1.82) is 0 Å². The highest BCUT2D eigenvalue weighted by molar-refractivity contribution is 6.17. The zero-order chi connectivity index (χ0) is 25.3. The van der Waals surface area contributed by atoms with Gasteiger partial charge in [0.15, 0.2) is 5.78 Å². The van der Waals surface area contributed by atoms with Gasteiger partial charge in [-0.2, -0.15) is 0 Å². The average molecular weight is 487 g/mol. The molecule has 2 aliphatic heterocycles. The molecule has 5 aliphatic carbocycles. The van der Waals surface area contributed by atoms with Crippen molar-refractivity contribution in [3.05, 3.63) is 59.8 Å². The van der Waals surface area contributed by atoms with Crippen molar-refractivity contribution < 1.29 is 28.7 Å². The summed E-state index contributed by atoms with van der Waals surface area (Å²) in [6, 6.07) is 0. The maximum atomic E-state index is 14.1. The molecule has 186 valence electrons. The summed E-state index contributed by atoms with van der Waals surface area (Å²) >= 11 is 0. The number of Topliss-reactive ketones (excluding diaryl/α,β-unsaturated/α-hetero) is 2. The molecule has 0 aromatic rings. The van der Waals surface area contributed by atoms with Crippen molar-refractivity contribution in [3.63, 3.8) is 0 Å². The fourth-order valence-electron chi connectivity index (χ4n) is 9.08. The number of rotatable bonds is 0. The topological polar surface area (TPSA) is 86.7 Å². The highest BCUT2D eigenvalue weighted by Crippen LogP contribution is 2.67. The molecule has 0 radical (unpaired) electrons. The third-order valence-corrected chi connectivity index (χ3v) is 10.7. The van der Waals surface area contributed by atoms with Gasteiger partial charge < -0.3 is 9.47 Å². The number of hydrogen-bond acceptors (Lipinski definition) is 6. The molecule has 5 fully saturated rings. The SMILES string of the molecule is C=C1C(=O)C2=C3[C@H](CC[C@H]4C(=C)C(=O)O[C@@H]4[C@@H]13)CC[C@]21C(=O)C[C@H]2C(=C)CC[C@H]3C(=C)C(=O)O[C@@H]3[C@H]21. The molecule has 6 heteroatoms. The van der Waals surface area contributed by atoms with Crippen LogP contribution in [0.4, 0.5) is 0 Å². The molecule has 9 atom stereocenters. The molecule has 2 saturated heterocycles. The zero-order valence-electron chi connectivity index (χ0n) is 20.3. The Hall–Kier alpha value is -3.02. The monoisotopic (exact) mass is 486 g/mol. The number of carbonyl (C=O) groups excluding carboxylic acids is 4. The molecule has 36 heavy (non-hydrogen) atoms. The molecule has 0 unspecified atom stereocenters. The smallest absolute Gasteiger partial charge is 0.334 e. The summed E-state index contributed by atoms with van der Waals surface area (Å²) < 4.78 is 11.8. The fourth-order valence-corrected chi connectivity index (χ4v) is 9.08. The Kier molecular flexibility index (Phi) is 4.35. The molecule has 0 aromatic heterocycles. The lowest BCUT2D eigenvalue weighted by Crippen LogP contribution is -2.47. The first-order valence-corrected chi connectivity index (χ1v) is 13.1. The minimum absolute atomic E-state index is 0.0456. The quantitative estimate of drug-likeness (QED) is 0.293. The standard InChI is InChI=1S/C30H30O6/c1-12-5-7-18-14(3)29(34)36-27(18)23-19(12)11-20(31)30(23)10-9-16-6-8-17-13(2)28(33)35-26(17)21-15(4)25(32)24(30)22(16)21/h16-19,21,23,26-27H,1-11H2/t16-,17+,18+,19+,21+,23+,26+,27+,30-/m1/s1. The summed E-state index contributed by atoms with van der Waals surface area (Å²) in [5.74, 6) is -2.02. The van der Waals surface area contributed by atoms with Crippen LogP contribution < -0.4 is 0 Å². The van der Waals surface area contributed by atoms with E-state index in [2.05, 4.69) is 26.3 Å². The molecule has 7 aliphatic rings. The van der Waals surface area contributed by atoms with Gasteiger partial charge >= 0.3 is 11.9 Å². The summed E-state index contributed by atoms with van der Waals surface area (Å²) in [7, 11) is 0. The number of hydrogen-bond donors (Lipinski definition) is 0. The summed E-state index contributed by atoms with van der Waals surface area (Å²) in [6.45, 7) is 16.5. The highest BCUT2D eigenvalue weighted by Gasteiger charge is 2.69. The van der Waals surface area contributed by atoms with E-state index in [4.69, 9.17) is 9.47 Å². The fraction of sp³-hybridized carbons (Fsp3) is 0.533. The van der Waals surface area contributed by atoms with Crippen LogP contribution >= 0.6 is 0 Å². The van der Waals surface area contributed by atoms with Crippen molar-refractivity contribution in [2.75, 3.05) is 0 Å². The molecule has 0 amide bonds. The van der Waals surface area contributed by atoms with Gasteiger partial charge in [0.25, 0.3) is 0 Å². The van der Waals surface area contributed by atoms with Gasteiger partial charge in [-0.1, -0.05) is 31.9 Å². The van der Waals surface area contributed by atoms with Crippen LogP contribution in [0.2, 0.25) is 0 Å². The molecule has 2 heterocycles. The van der Waals surface area contributed by atoms with E-state index in [1.165, 1.54) is 0 Å². The van der Waals surface area contributed by atoms with Crippen LogP contribution in [0.15, 0.2) is 59.8 Å². The van der Waals surface area contributed by atoms with E-state index in [0.29, 0.717) is 48.0 Å². The molecule has 0 bridgehead atoms. The minimum Gasteiger partial charge on any atom is -0.458 e. The predicted molar refractivity (Wildman–Crippen MR) is 129 cm³/mol. The Morgan fingerprint density at radius 1 is 0.750 bits per heavy atom. The zero-order valence-corrected chi connectivity index (χ0v) is 20.3. The largest absolute Gasteiger partial charge is 0.458 e. The third kappa shape index (κ3) is 2.43. The first kappa shape index (κ1) is 22.2. The molecule has 0 N–H and O–H groups in total. The summed E-state index contributed by atoms with van der Waals surface area (Å²) in [5.41, 5.74) is 2.84. The minimum atomic E-state index is -1.04. The number of carbonyl (C=O) groups is 4. The van der Waals surface area contributed by atoms with Gasteiger partial charge in [-0.15, -0.1) is 0 Å². The molecule has 3 saturated carbocycles. The van der Waals surface area contributed by atoms with E-state index >= 15 is 0 Å². The van der Waals surface area contributed by atoms with Gasteiger partial charge in [0.1, 0.15) is 18.0 Å². The molecule has 0 aromatic carbocycles. The van der Waals surface area contributed by atoms with Gasteiger partial charge in [-0.25, -0.2) is 9.59 Å². The Balaban J connectivity index is 1.44. The summed E-state index contributed by atoms with van der Waals surface area (Å²) in [4.78, 5) is 53.3. The van der Waals surface area contributed by atoms with Crippen LogP contribution in [-0.4, -0.2) is 35.7 Å². The maximum absolute atomic E-state index is 14.1. The van der Waals surface area contributed by atoms with Crippen LogP contribution in [0.1, 0.15) is 44.9 Å². The van der Waals surface area contributed by atoms with E-state index in [-0.39, 0.29) is 41.2 Å². The van der Waals surface area contributed by atoms with E-state index in [0.717, 1.165) is 30.4 Å². The second-order valence-corrected chi connectivity index (χ2v) is 11.9. The number of ketones is 2. The lowest BCUT2D eigenvalue weighted by molar-refractivity contribution is -0.146. The molecule has 6 nitrogen and oxygen atoms in total. The Morgan fingerprint density at radius 3 is 2.14 bits per heavy atom. The number of esters is 2. The Morgan fingerprint density at radius 2 is 1.42 bits per heavy atom. The van der Waals surface area contributed by atoms with Crippen molar-refractivity contribution >= 4 is 23.5 Å².